The Morgan fingerprint density at radius 1 is 1.19 bits per heavy atom. The molecular weight excluding hydrogens is 285 g/mol. The lowest BCUT2D eigenvalue weighted by Gasteiger charge is -2.31. The minimum absolute atomic E-state index is 0.134. The van der Waals surface area contributed by atoms with E-state index in [1.807, 2.05) is 0 Å². The fourth-order valence-electron chi connectivity index (χ4n) is 2.90. The van der Waals surface area contributed by atoms with Gasteiger partial charge in [0.05, 0.1) is 17.8 Å². The molecule has 0 saturated carbocycles. The average Bonchev–Trinajstić information content (AvgIpc) is 2.75. The molecule has 2 aliphatic heterocycles. The summed E-state index contributed by atoms with van der Waals surface area (Å²) in [5.74, 6) is 0. The third-order valence-electron chi connectivity index (χ3n) is 3.99. The summed E-state index contributed by atoms with van der Waals surface area (Å²) >= 11 is 0. The topological polar surface area (TPSA) is 41.6 Å². The van der Waals surface area contributed by atoms with Crippen molar-refractivity contribution in [1.82, 2.24) is 5.32 Å². The Morgan fingerprint density at radius 3 is 2.52 bits per heavy atom. The van der Waals surface area contributed by atoms with Gasteiger partial charge >= 0.3 is 12.3 Å². The number of carbonyl (C=O) groups excluding carboxylic acids is 1. The second kappa shape index (κ2) is 4.91. The zero-order valence-electron chi connectivity index (χ0n) is 11.2. The van der Waals surface area contributed by atoms with E-state index >= 15 is 0 Å². The second-order valence-corrected chi connectivity index (χ2v) is 5.40. The van der Waals surface area contributed by atoms with Gasteiger partial charge in [-0.2, -0.15) is 13.2 Å². The van der Waals surface area contributed by atoms with Gasteiger partial charge in [0.25, 0.3) is 0 Å². The molecule has 2 heterocycles. The Hall–Kier alpha value is -1.76. The highest BCUT2D eigenvalue weighted by Gasteiger charge is 2.48. The molecule has 4 nitrogen and oxygen atoms in total. The zero-order chi connectivity index (χ0) is 15.1. The van der Waals surface area contributed by atoms with Crippen LogP contribution in [0.15, 0.2) is 24.3 Å². The van der Waals surface area contributed by atoms with Crippen molar-refractivity contribution in [3.05, 3.63) is 29.8 Å². The summed E-state index contributed by atoms with van der Waals surface area (Å²) in [5, 5.41) is 3.15. The molecule has 1 spiro atoms. The van der Waals surface area contributed by atoms with Crippen LogP contribution in [0, 0.1) is 0 Å². The number of nitrogens with zero attached hydrogens (tertiary/aromatic N) is 1. The van der Waals surface area contributed by atoms with E-state index in [2.05, 4.69) is 5.32 Å². The van der Waals surface area contributed by atoms with Gasteiger partial charge in [0.15, 0.2) is 0 Å². The van der Waals surface area contributed by atoms with Crippen molar-refractivity contribution in [2.24, 2.45) is 0 Å². The summed E-state index contributed by atoms with van der Waals surface area (Å²) < 4.78 is 44.6. The SMILES string of the molecule is O=C1OC2(CCNCC2)CN1c1ccccc1C(F)(F)F. The first-order valence-electron chi connectivity index (χ1n) is 6.79. The molecule has 3 rings (SSSR count). The summed E-state index contributed by atoms with van der Waals surface area (Å²) in [6.45, 7) is 1.56. The smallest absolute Gasteiger partial charge is 0.418 e. The van der Waals surface area contributed by atoms with Crippen LogP contribution in [0.2, 0.25) is 0 Å². The Morgan fingerprint density at radius 2 is 1.86 bits per heavy atom. The van der Waals surface area contributed by atoms with Crippen LogP contribution in [0.5, 0.6) is 0 Å². The molecule has 0 aromatic heterocycles. The van der Waals surface area contributed by atoms with Crippen molar-refractivity contribution < 1.29 is 22.7 Å². The molecular formula is C14H15F3N2O2. The van der Waals surface area contributed by atoms with E-state index < -0.39 is 23.4 Å². The second-order valence-electron chi connectivity index (χ2n) is 5.40. The molecule has 0 radical (unpaired) electrons. The molecule has 0 atom stereocenters. The Bertz CT molecular complexity index is 553. The third kappa shape index (κ3) is 2.57. The van der Waals surface area contributed by atoms with Gasteiger partial charge in [0.2, 0.25) is 0 Å². The van der Waals surface area contributed by atoms with Crippen LogP contribution < -0.4 is 10.2 Å². The van der Waals surface area contributed by atoms with Gasteiger partial charge < -0.3 is 10.1 Å². The molecule has 0 unspecified atom stereocenters. The van der Waals surface area contributed by atoms with Crippen molar-refractivity contribution in [3.63, 3.8) is 0 Å². The van der Waals surface area contributed by atoms with Crippen molar-refractivity contribution in [2.75, 3.05) is 24.5 Å². The van der Waals surface area contributed by atoms with Crippen LogP contribution in [0.4, 0.5) is 23.7 Å². The molecule has 1 aromatic carbocycles. The standard InChI is InChI=1S/C14H15F3N2O2/c15-14(16,17)10-3-1-2-4-11(10)19-9-13(21-12(19)20)5-7-18-8-6-13/h1-4,18H,5-9H2. The molecule has 1 amide bonds. The van der Waals surface area contributed by atoms with E-state index in [-0.39, 0.29) is 12.2 Å². The predicted octanol–water partition coefficient (Wildman–Crippen LogP) is 2.78. The predicted molar refractivity (Wildman–Crippen MR) is 70.1 cm³/mol. The number of hydrogen-bond donors (Lipinski definition) is 1. The number of rotatable bonds is 1. The lowest BCUT2D eigenvalue weighted by Crippen LogP contribution is -2.45. The van der Waals surface area contributed by atoms with Gasteiger partial charge in [-0.15, -0.1) is 0 Å². The quantitative estimate of drug-likeness (QED) is 0.867. The number of alkyl halides is 3. The monoisotopic (exact) mass is 300 g/mol. The van der Waals surface area contributed by atoms with E-state index in [0.717, 1.165) is 11.0 Å². The molecule has 1 N–H and O–H groups in total. The maximum absolute atomic E-state index is 13.1. The summed E-state index contributed by atoms with van der Waals surface area (Å²) in [7, 11) is 0. The minimum Gasteiger partial charge on any atom is -0.441 e. The van der Waals surface area contributed by atoms with Crippen LogP contribution in [0.1, 0.15) is 18.4 Å². The number of hydrogen-bond acceptors (Lipinski definition) is 3. The van der Waals surface area contributed by atoms with Gasteiger partial charge in [0, 0.05) is 12.8 Å². The van der Waals surface area contributed by atoms with Crippen molar-refractivity contribution >= 4 is 11.8 Å². The maximum Gasteiger partial charge on any atom is 0.418 e. The summed E-state index contributed by atoms with van der Waals surface area (Å²) in [4.78, 5) is 13.1. The number of piperidine rings is 1. The highest BCUT2D eigenvalue weighted by molar-refractivity contribution is 5.91. The van der Waals surface area contributed by atoms with Gasteiger partial charge in [0.1, 0.15) is 5.60 Å². The largest absolute Gasteiger partial charge is 0.441 e. The van der Waals surface area contributed by atoms with Crippen LogP contribution in [-0.4, -0.2) is 31.3 Å². The fraction of sp³-hybridized carbons (Fsp3) is 0.500. The molecule has 7 heteroatoms. The average molecular weight is 300 g/mol. The minimum atomic E-state index is -4.50. The summed E-state index contributed by atoms with van der Waals surface area (Å²) in [6.07, 6.45) is -3.97. The third-order valence-corrected chi connectivity index (χ3v) is 3.99. The number of para-hydroxylation sites is 1. The number of nitrogens with one attached hydrogen (secondary N) is 1. The molecule has 2 fully saturated rings. The number of ether oxygens (including phenoxy) is 1. The number of anilines is 1. The van der Waals surface area contributed by atoms with Crippen molar-refractivity contribution in [2.45, 2.75) is 24.6 Å². The molecule has 0 aliphatic carbocycles. The Kier molecular flexibility index (Phi) is 3.32. The van der Waals surface area contributed by atoms with Gasteiger partial charge in [-0.25, -0.2) is 4.79 Å². The van der Waals surface area contributed by atoms with E-state index in [1.54, 1.807) is 0 Å². The Balaban J connectivity index is 1.93. The molecule has 0 bridgehead atoms. The van der Waals surface area contributed by atoms with Crippen LogP contribution in [0.25, 0.3) is 0 Å². The van der Waals surface area contributed by atoms with Gasteiger partial charge in [-0.05, 0) is 25.2 Å². The molecule has 2 saturated heterocycles. The summed E-state index contributed by atoms with van der Waals surface area (Å²) in [5.41, 5.74) is -1.61. The molecule has 2 aliphatic rings. The van der Waals surface area contributed by atoms with E-state index in [0.29, 0.717) is 25.9 Å². The zero-order valence-corrected chi connectivity index (χ0v) is 11.2. The van der Waals surface area contributed by atoms with E-state index in [4.69, 9.17) is 4.74 Å². The number of benzene rings is 1. The van der Waals surface area contributed by atoms with Gasteiger partial charge in [-0.3, -0.25) is 4.90 Å². The number of halogens is 3. The molecule has 21 heavy (non-hydrogen) atoms. The highest BCUT2D eigenvalue weighted by atomic mass is 19.4. The van der Waals surface area contributed by atoms with Crippen molar-refractivity contribution in [3.8, 4) is 0 Å². The van der Waals surface area contributed by atoms with E-state index in [1.165, 1.54) is 18.2 Å². The van der Waals surface area contributed by atoms with Crippen LogP contribution in [0.3, 0.4) is 0 Å². The lowest BCUT2D eigenvalue weighted by molar-refractivity contribution is -0.137. The van der Waals surface area contributed by atoms with Crippen LogP contribution >= 0.6 is 0 Å². The first kappa shape index (κ1) is 14.2. The number of amides is 1. The van der Waals surface area contributed by atoms with Crippen molar-refractivity contribution in [1.29, 1.82) is 0 Å². The summed E-state index contributed by atoms with van der Waals surface area (Å²) in [6, 6.07) is 5.10. The van der Waals surface area contributed by atoms with Gasteiger partial charge in [-0.1, -0.05) is 12.1 Å². The Labute approximate surface area is 119 Å². The van der Waals surface area contributed by atoms with Crippen LogP contribution in [-0.2, 0) is 10.9 Å². The van der Waals surface area contributed by atoms with E-state index in [9.17, 15) is 18.0 Å². The molecule has 1 aromatic rings. The molecule has 114 valence electrons. The normalized spacial score (nSPS) is 21.7. The first-order valence-corrected chi connectivity index (χ1v) is 6.79. The number of carbonyl (C=O) groups is 1. The highest BCUT2D eigenvalue weighted by Crippen LogP contribution is 2.40. The maximum atomic E-state index is 13.1. The first-order chi connectivity index (χ1) is 9.91. The lowest BCUT2D eigenvalue weighted by atomic mass is 9.92. The fourth-order valence-corrected chi connectivity index (χ4v) is 2.90.